The van der Waals surface area contributed by atoms with Crippen LogP contribution in [0.15, 0.2) is 40.2 Å². The van der Waals surface area contributed by atoms with Gasteiger partial charge in [0.05, 0.1) is 5.41 Å². The fourth-order valence-corrected chi connectivity index (χ4v) is 2.73. The van der Waals surface area contributed by atoms with E-state index in [0.29, 0.717) is 10.7 Å². The van der Waals surface area contributed by atoms with Crippen molar-refractivity contribution in [2.75, 3.05) is 0 Å². The minimum Gasteiger partial charge on any atom is -0.506 e. The van der Waals surface area contributed by atoms with E-state index in [9.17, 15) is 9.50 Å². The Morgan fingerprint density at radius 1 is 1.19 bits per heavy atom. The standard InChI is InChI=1S/C15H13FN2O2S/c1-15(2,9-3-5-10(16)6-4-9)14-17-13(20-18-14)12-11(19)7-8-21-12/h3-8,19H,1-2H3. The van der Waals surface area contributed by atoms with Gasteiger partial charge in [0, 0.05) is 0 Å². The lowest BCUT2D eigenvalue weighted by atomic mass is 9.84. The molecule has 0 atom stereocenters. The predicted octanol–water partition coefficient (Wildman–Crippen LogP) is 3.97. The number of thiophene rings is 1. The van der Waals surface area contributed by atoms with Gasteiger partial charge >= 0.3 is 0 Å². The van der Waals surface area contributed by atoms with Crippen LogP contribution in [0.3, 0.4) is 0 Å². The molecule has 0 amide bonds. The zero-order valence-electron chi connectivity index (χ0n) is 11.5. The lowest BCUT2D eigenvalue weighted by Gasteiger charge is -2.20. The lowest BCUT2D eigenvalue weighted by Crippen LogP contribution is -2.20. The first kappa shape index (κ1) is 13.8. The quantitative estimate of drug-likeness (QED) is 0.795. The number of hydrogen-bond donors (Lipinski definition) is 1. The number of rotatable bonds is 3. The molecular weight excluding hydrogens is 291 g/mol. The zero-order valence-corrected chi connectivity index (χ0v) is 12.3. The van der Waals surface area contributed by atoms with Gasteiger partial charge in [-0.2, -0.15) is 4.98 Å². The minimum atomic E-state index is -0.525. The molecule has 0 fully saturated rings. The van der Waals surface area contributed by atoms with Crippen molar-refractivity contribution >= 4 is 11.3 Å². The third kappa shape index (κ3) is 2.42. The molecule has 0 aliphatic carbocycles. The van der Waals surface area contributed by atoms with Crippen molar-refractivity contribution in [3.8, 4) is 16.5 Å². The molecular formula is C15H13FN2O2S. The molecule has 108 valence electrons. The van der Waals surface area contributed by atoms with E-state index < -0.39 is 5.41 Å². The fraction of sp³-hybridized carbons (Fsp3) is 0.200. The van der Waals surface area contributed by atoms with Gasteiger partial charge in [0.25, 0.3) is 5.89 Å². The Balaban J connectivity index is 1.98. The van der Waals surface area contributed by atoms with Gasteiger partial charge in [-0.1, -0.05) is 17.3 Å². The summed E-state index contributed by atoms with van der Waals surface area (Å²) < 4.78 is 18.3. The van der Waals surface area contributed by atoms with Crippen molar-refractivity contribution in [3.05, 3.63) is 52.9 Å². The third-order valence-electron chi connectivity index (χ3n) is 3.39. The van der Waals surface area contributed by atoms with Crippen molar-refractivity contribution in [1.82, 2.24) is 10.1 Å². The highest BCUT2D eigenvalue weighted by Gasteiger charge is 2.29. The minimum absolute atomic E-state index is 0.120. The van der Waals surface area contributed by atoms with Crippen molar-refractivity contribution in [1.29, 1.82) is 0 Å². The Kier molecular flexibility index (Phi) is 3.25. The van der Waals surface area contributed by atoms with Crippen molar-refractivity contribution < 1.29 is 14.0 Å². The van der Waals surface area contributed by atoms with Crippen LogP contribution >= 0.6 is 11.3 Å². The normalized spacial score (nSPS) is 11.8. The number of aromatic nitrogens is 2. The van der Waals surface area contributed by atoms with Gasteiger partial charge in [-0.05, 0) is 43.0 Å². The van der Waals surface area contributed by atoms with E-state index in [1.54, 1.807) is 23.6 Å². The Morgan fingerprint density at radius 2 is 1.90 bits per heavy atom. The van der Waals surface area contributed by atoms with Gasteiger partial charge in [-0.25, -0.2) is 4.39 Å². The van der Waals surface area contributed by atoms with E-state index in [1.165, 1.54) is 23.5 Å². The van der Waals surface area contributed by atoms with E-state index in [1.807, 2.05) is 13.8 Å². The van der Waals surface area contributed by atoms with Gasteiger partial charge in [0.15, 0.2) is 5.82 Å². The molecule has 0 radical (unpaired) electrons. The number of aromatic hydroxyl groups is 1. The maximum Gasteiger partial charge on any atom is 0.271 e. The molecule has 6 heteroatoms. The maximum absolute atomic E-state index is 13.0. The van der Waals surface area contributed by atoms with Crippen LogP contribution in [-0.4, -0.2) is 15.2 Å². The smallest absolute Gasteiger partial charge is 0.271 e. The molecule has 0 unspecified atom stereocenters. The summed E-state index contributed by atoms with van der Waals surface area (Å²) in [5.41, 5.74) is 0.356. The Hall–Kier alpha value is -2.21. The van der Waals surface area contributed by atoms with E-state index in [0.717, 1.165) is 5.56 Å². The van der Waals surface area contributed by atoms with Gasteiger partial charge in [0.2, 0.25) is 0 Å². The Bertz CT molecular complexity index is 762. The summed E-state index contributed by atoms with van der Waals surface area (Å²) in [6.07, 6.45) is 0. The van der Waals surface area contributed by atoms with Gasteiger partial charge < -0.3 is 9.63 Å². The summed E-state index contributed by atoms with van der Waals surface area (Å²) in [4.78, 5) is 4.91. The van der Waals surface area contributed by atoms with E-state index in [-0.39, 0.29) is 17.5 Å². The average Bonchev–Trinajstić information content (AvgIpc) is 3.07. The van der Waals surface area contributed by atoms with Crippen LogP contribution in [0.2, 0.25) is 0 Å². The summed E-state index contributed by atoms with van der Waals surface area (Å²) in [5, 5.41) is 15.5. The number of hydrogen-bond acceptors (Lipinski definition) is 5. The van der Waals surface area contributed by atoms with Crippen LogP contribution in [0, 0.1) is 5.82 Å². The van der Waals surface area contributed by atoms with Crippen LogP contribution in [0.25, 0.3) is 10.8 Å². The SMILES string of the molecule is CC(C)(c1ccc(F)cc1)c1noc(-c2sccc2O)n1. The van der Waals surface area contributed by atoms with Crippen molar-refractivity contribution in [2.45, 2.75) is 19.3 Å². The second kappa shape index (κ2) is 4.96. The molecule has 3 aromatic rings. The molecule has 0 bridgehead atoms. The third-order valence-corrected chi connectivity index (χ3v) is 4.28. The molecule has 1 aromatic carbocycles. The molecule has 4 nitrogen and oxygen atoms in total. The van der Waals surface area contributed by atoms with Gasteiger partial charge in [0.1, 0.15) is 16.4 Å². The lowest BCUT2D eigenvalue weighted by molar-refractivity contribution is 0.406. The van der Waals surface area contributed by atoms with Gasteiger partial charge in [-0.15, -0.1) is 11.3 Å². The molecule has 1 N–H and O–H groups in total. The zero-order chi connectivity index (χ0) is 15.0. The first-order valence-electron chi connectivity index (χ1n) is 6.35. The summed E-state index contributed by atoms with van der Waals surface area (Å²) in [7, 11) is 0. The monoisotopic (exact) mass is 304 g/mol. The van der Waals surface area contributed by atoms with E-state index >= 15 is 0 Å². The second-order valence-electron chi connectivity index (χ2n) is 5.19. The van der Waals surface area contributed by atoms with Crippen LogP contribution < -0.4 is 0 Å². The van der Waals surface area contributed by atoms with Crippen molar-refractivity contribution in [3.63, 3.8) is 0 Å². The molecule has 3 rings (SSSR count). The molecule has 0 spiro atoms. The molecule has 0 aliphatic heterocycles. The van der Waals surface area contributed by atoms with Crippen LogP contribution in [0.4, 0.5) is 4.39 Å². The Labute approximate surface area is 124 Å². The summed E-state index contributed by atoms with van der Waals surface area (Å²) in [6.45, 7) is 3.87. The highest BCUT2D eigenvalue weighted by atomic mass is 32.1. The second-order valence-corrected chi connectivity index (χ2v) is 6.11. The molecule has 0 saturated heterocycles. The van der Waals surface area contributed by atoms with E-state index in [2.05, 4.69) is 10.1 Å². The summed E-state index contributed by atoms with van der Waals surface area (Å²) >= 11 is 1.33. The molecule has 2 heterocycles. The Morgan fingerprint density at radius 3 is 2.52 bits per heavy atom. The van der Waals surface area contributed by atoms with Crippen LogP contribution in [0.1, 0.15) is 25.2 Å². The number of benzene rings is 1. The first-order chi connectivity index (χ1) is 9.98. The molecule has 21 heavy (non-hydrogen) atoms. The van der Waals surface area contributed by atoms with E-state index in [4.69, 9.17) is 4.52 Å². The maximum atomic E-state index is 13.0. The predicted molar refractivity (Wildman–Crippen MR) is 77.8 cm³/mol. The highest BCUT2D eigenvalue weighted by Crippen LogP contribution is 2.36. The number of halogens is 1. The highest BCUT2D eigenvalue weighted by molar-refractivity contribution is 7.13. The first-order valence-corrected chi connectivity index (χ1v) is 7.23. The van der Waals surface area contributed by atoms with Crippen LogP contribution in [0.5, 0.6) is 5.75 Å². The van der Waals surface area contributed by atoms with Gasteiger partial charge in [-0.3, -0.25) is 0 Å². The van der Waals surface area contributed by atoms with Crippen LogP contribution in [-0.2, 0) is 5.41 Å². The topological polar surface area (TPSA) is 59.2 Å². The van der Waals surface area contributed by atoms with Crippen molar-refractivity contribution in [2.24, 2.45) is 0 Å². The fourth-order valence-electron chi connectivity index (χ4n) is 2.03. The summed E-state index contributed by atoms with van der Waals surface area (Å²) in [5.74, 6) is 0.603. The average molecular weight is 304 g/mol. The largest absolute Gasteiger partial charge is 0.506 e. The molecule has 2 aromatic heterocycles. The molecule has 0 saturated carbocycles. The number of nitrogens with zero attached hydrogens (tertiary/aromatic N) is 2. The summed E-state index contributed by atoms with van der Waals surface area (Å²) in [6, 6.07) is 7.79. The molecule has 0 aliphatic rings.